The van der Waals surface area contributed by atoms with Crippen LogP contribution in [-0.4, -0.2) is 23.2 Å². The molecule has 0 bridgehead atoms. The predicted molar refractivity (Wildman–Crippen MR) is 46.1 cm³/mol. The van der Waals surface area contributed by atoms with Crippen LogP contribution in [0.25, 0.3) is 0 Å². The number of rotatable bonds is 5. The normalized spacial score (nSPS) is 13.7. The van der Waals surface area contributed by atoms with E-state index in [1.54, 1.807) is 13.8 Å². The molecule has 0 atom stereocenters. The number of carbonyl (C=O) groups excluding carboxylic acids is 1. The molecule has 0 radical (unpaired) electrons. The standard InChI is InChI=1S/C9H12F4O2/c1-5(2)3-6(14)4-7(15)9(12,13)8(10)11/h4-5,8,15H,3H2,1-2H3/b7-4-. The van der Waals surface area contributed by atoms with Crippen molar-refractivity contribution in [1.29, 1.82) is 0 Å². The lowest BCUT2D eigenvalue weighted by Gasteiger charge is -2.13. The Hall–Kier alpha value is -1.07. The van der Waals surface area contributed by atoms with E-state index in [0.29, 0.717) is 0 Å². The van der Waals surface area contributed by atoms with Crippen LogP contribution in [0.1, 0.15) is 20.3 Å². The van der Waals surface area contributed by atoms with E-state index in [1.165, 1.54) is 0 Å². The minimum atomic E-state index is -4.66. The van der Waals surface area contributed by atoms with Crippen LogP contribution in [0, 0.1) is 5.92 Å². The highest BCUT2D eigenvalue weighted by Gasteiger charge is 2.45. The maximum absolute atomic E-state index is 12.4. The Bertz CT molecular complexity index is 259. The van der Waals surface area contributed by atoms with Crippen molar-refractivity contribution in [3.05, 3.63) is 11.8 Å². The first kappa shape index (κ1) is 13.9. The summed E-state index contributed by atoms with van der Waals surface area (Å²) in [4.78, 5) is 10.9. The van der Waals surface area contributed by atoms with Gasteiger partial charge in [0.25, 0.3) is 0 Å². The summed E-state index contributed by atoms with van der Waals surface area (Å²) < 4.78 is 48.3. The molecule has 6 heteroatoms. The van der Waals surface area contributed by atoms with E-state index in [2.05, 4.69) is 0 Å². The molecule has 0 aromatic carbocycles. The van der Waals surface area contributed by atoms with Crippen LogP contribution in [0.5, 0.6) is 0 Å². The molecule has 2 nitrogen and oxygen atoms in total. The molecule has 0 amide bonds. The molecule has 0 unspecified atom stereocenters. The van der Waals surface area contributed by atoms with Gasteiger partial charge in [-0.05, 0) is 5.92 Å². The molecule has 88 valence electrons. The van der Waals surface area contributed by atoms with Crippen molar-refractivity contribution in [3.63, 3.8) is 0 Å². The highest BCUT2D eigenvalue weighted by molar-refractivity contribution is 5.90. The van der Waals surface area contributed by atoms with Crippen molar-refractivity contribution in [2.24, 2.45) is 5.92 Å². The zero-order valence-corrected chi connectivity index (χ0v) is 8.31. The van der Waals surface area contributed by atoms with Crippen LogP contribution >= 0.6 is 0 Å². The summed E-state index contributed by atoms with van der Waals surface area (Å²) in [5.74, 6) is -7.44. The van der Waals surface area contributed by atoms with Gasteiger partial charge in [-0.2, -0.15) is 8.78 Å². The second kappa shape index (κ2) is 5.14. The molecule has 15 heavy (non-hydrogen) atoms. The quantitative estimate of drug-likeness (QED) is 0.446. The summed E-state index contributed by atoms with van der Waals surface area (Å²) >= 11 is 0. The predicted octanol–water partition coefficient (Wildman–Crippen LogP) is 2.94. The maximum Gasteiger partial charge on any atom is 0.363 e. The highest BCUT2D eigenvalue weighted by Crippen LogP contribution is 2.29. The number of halogens is 4. The fraction of sp³-hybridized carbons (Fsp3) is 0.667. The highest BCUT2D eigenvalue weighted by atomic mass is 19.3. The Morgan fingerprint density at radius 1 is 1.40 bits per heavy atom. The number of hydrogen-bond acceptors (Lipinski definition) is 2. The van der Waals surface area contributed by atoms with Gasteiger partial charge in [-0.15, -0.1) is 0 Å². The molecule has 0 saturated heterocycles. The van der Waals surface area contributed by atoms with Crippen LogP contribution in [0.2, 0.25) is 0 Å². The van der Waals surface area contributed by atoms with E-state index in [9.17, 15) is 22.4 Å². The minimum absolute atomic E-state index is 0.0800. The number of aliphatic hydroxyl groups is 1. The zero-order valence-electron chi connectivity index (χ0n) is 8.31. The minimum Gasteiger partial charge on any atom is -0.506 e. The molecule has 0 fully saturated rings. The Labute approximate surface area is 84.6 Å². The summed E-state index contributed by atoms with van der Waals surface area (Å²) in [7, 11) is 0. The number of aliphatic hydroxyl groups excluding tert-OH is 1. The summed E-state index contributed by atoms with van der Waals surface area (Å²) in [5.41, 5.74) is 0. The Balaban J connectivity index is 4.62. The lowest BCUT2D eigenvalue weighted by Crippen LogP contribution is -2.29. The summed E-state index contributed by atoms with van der Waals surface area (Å²) in [6.45, 7) is 3.32. The molecule has 0 saturated carbocycles. The number of alkyl halides is 4. The maximum atomic E-state index is 12.4. The van der Waals surface area contributed by atoms with Gasteiger partial charge in [-0.25, -0.2) is 8.78 Å². The fourth-order valence-electron chi connectivity index (χ4n) is 0.822. The molecular formula is C9H12F4O2. The summed E-state index contributed by atoms with van der Waals surface area (Å²) in [6, 6.07) is 0. The molecule has 0 heterocycles. The Kier molecular flexibility index (Phi) is 4.77. The molecule has 0 rings (SSSR count). The average molecular weight is 228 g/mol. The third kappa shape index (κ3) is 4.31. The monoisotopic (exact) mass is 228 g/mol. The second-order valence-corrected chi connectivity index (χ2v) is 3.52. The summed E-state index contributed by atoms with van der Waals surface area (Å²) in [5, 5.41) is 8.64. The Morgan fingerprint density at radius 2 is 1.87 bits per heavy atom. The van der Waals surface area contributed by atoms with Crippen molar-refractivity contribution in [2.45, 2.75) is 32.6 Å². The van der Waals surface area contributed by atoms with E-state index in [-0.39, 0.29) is 18.4 Å². The van der Waals surface area contributed by atoms with Gasteiger partial charge in [-0.3, -0.25) is 4.79 Å². The largest absolute Gasteiger partial charge is 0.506 e. The van der Waals surface area contributed by atoms with E-state index in [0.717, 1.165) is 0 Å². The van der Waals surface area contributed by atoms with E-state index < -0.39 is 23.9 Å². The van der Waals surface area contributed by atoms with Gasteiger partial charge in [-0.1, -0.05) is 13.8 Å². The van der Waals surface area contributed by atoms with Crippen LogP contribution in [-0.2, 0) is 4.79 Å². The van der Waals surface area contributed by atoms with E-state index >= 15 is 0 Å². The molecular weight excluding hydrogens is 216 g/mol. The van der Waals surface area contributed by atoms with Gasteiger partial charge in [0.05, 0.1) is 0 Å². The molecule has 1 N–H and O–H groups in total. The first-order valence-corrected chi connectivity index (χ1v) is 4.27. The third-order valence-electron chi connectivity index (χ3n) is 1.52. The molecule has 0 aliphatic heterocycles. The van der Waals surface area contributed by atoms with Gasteiger partial charge < -0.3 is 5.11 Å². The third-order valence-corrected chi connectivity index (χ3v) is 1.52. The van der Waals surface area contributed by atoms with Crippen molar-refractivity contribution in [1.82, 2.24) is 0 Å². The van der Waals surface area contributed by atoms with Crippen molar-refractivity contribution < 1.29 is 27.5 Å². The number of ketones is 1. The van der Waals surface area contributed by atoms with Crippen molar-refractivity contribution in [2.75, 3.05) is 0 Å². The zero-order chi connectivity index (χ0) is 12.2. The van der Waals surface area contributed by atoms with Crippen LogP contribution in [0.3, 0.4) is 0 Å². The van der Waals surface area contributed by atoms with Gasteiger partial charge in [0.1, 0.15) is 0 Å². The lowest BCUT2D eigenvalue weighted by molar-refractivity contribution is -0.125. The van der Waals surface area contributed by atoms with Crippen LogP contribution in [0.15, 0.2) is 11.8 Å². The average Bonchev–Trinajstić information content (AvgIpc) is 2.01. The van der Waals surface area contributed by atoms with Crippen molar-refractivity contribution in [3.8, 4) is 0 Å². The first-order chi connectivity index (χ1) is 6.67. The van der Waals surface area contributed by atoms with Gasteiger partial charge in [0, 0.05) is 12.5 Å². The summed E-state index contributed by atoms with van der Waals surface area (Å²) in [6.07, 6.45) is -3.95. The number of allylic oxidation sites excluding steroid dienone is 2. The van der Waals surface area contributed by atoms with Crippen LogP contribution in [0.4, 0.5) is 17.6 Å². The SMILES string of the molecule is CC(C)CC(=O)/C=C(\O)C(F)(F)C(F)F. The molecule has 0 aromatic rings. The molecule has 0 aliphatic carbocycles. The van der Waals surface area contributed by atoms with Gasteiger partial charge >= 0.3 is 12.3 Å². The van der Waals surface area contributed by atoms with Gasteiger partial charge in [0.2, 0.25) is 0 Å². The van der Waals surface area contributed by atoms with Crippen LogP contribution < -0.4 is 0 Å². The smallest absolute Gasteiger partial charge is 0.363 e. The number of carbonyl (C=O) groups is 1. The fourth-order valence-corrected chi connectivity index (χ4v) is 0.822. The molecule has 0 spiro atoms. The van der Waals surface area contributed by atoms with E-state index in [4.69, 9.17) is 5.11 Å². The topological polar surface area (TPSA) is 37.3 Å². The second-order valence-electron chi connectivity index (χ2n) is 3.52. The molecule has 0 aliphatic rings. The number of hydrogen-bond donors (Lipinski definition) is 1. The lowest BCUT2D eigenvalue weighted by atomic mass is 10.1. The molecule has 0 aromatic heterocycles. The first-order valence-electron chi connectivity index (χ1n) is 4.27. The van der Waals surface area contributed by atoms with E-state index in [1.807, 2.05) is 0 Å². The Morgan fingerprint density at radius 3 is 2.20 bits per heavy atom. The van der Waals surface area contributed by atoms with Gasteiger partial charge in [0.15, 0.2) is 11.5 Å². The van der Waals surface area contributed by atoms with Crippen molar-refractivity contribution >= 4 is 5.78 Å².